The van der Waals surface area contributed by atoms with Gasteiger partial charge in [0.2, 0.25) is 0 Å². The lowest BCUT2D eigenvalue weighted by Crippen LogP contribution is -2.11. The Hall–Kier alpha value is -2.35. The van der Waals surface area contributed by atoms with E-state index in [1.54, 1.807) is 0 Å². The van der Waals surface area contributed by atoms with Gasteiger partial charge in [-0.05, 0) is 12.1 Å². The fourth-order valence-electron chi connectivity index (χ4n) is 1.55. The zero-order valence-corrected chi connectivity index (χ0v) is 10.5. The second kappa shape index (κ2) is 5.74. The van der Waals surface area contributed by atoms with Gasteiger partial charge in [-0.15, -0.1) is 0 Å². The van der Waals surface area contributed by atoms with Gasteiger partial charge in [0, 0.05) is 12.5 Å². The van der Waals surface area contributed by atoms with Crippen molar-refractivity contribution in [3.05, 3.63) is 41.5 Å². The predicted molar refractivity (Wildman–Crippen MR) is 68.8 cm³/mol. The van der Waals surface area contributed by atoms with Crippen molar-refractivity contribution in [2.45, 2.75) is 13.3 Å². The number of hydrogen-bond donors (Lipinski definition) is 3. The summed E-state index contributed by atoms with van der Waals surface area (Å²) in [4.78, 5) is 8.14. The molecule has 0 bridgehead atoms. The first kappa shape index (κ1) is 14.1. The quantitative estimate of drug-likeness (QED) is 0.456. The molecule has 20 heavy (non-hydrogen) atoms. The summed E-state index contributed by atoms with van der Waals surface area (Å²) in [6.07, 6.45) is 0.532. The van der Waals surface area contributed by atoms with Crippen molar-refractivity contribution in [2.75, 3.05) is 10.7 Å². The molecule has 0 radical (unpaired) electrons. The molecular weight excluding hydrogens is 271 g/mol. The van der Waals surface area contributed by atoms with E-state index in [-0.39, 0.29) is 11.5 Å². The number of halogens is 3. The summed E-state index contributed by atoms with van der Waals surface area (Å²) in [5.41, 5.74) is 2.11. The third-order valence-electron chi connectivity index (χ3n) is 2.53. The van der Waals surface area contributed by atoms with Crippen LogP contribution in [-0.4, -0.2) is 9.97 Å². The highest BCUT2D eigenvalue weighted by atomic mass is 19.2. The molecule has 0 saturated heterocycles. The van der Waals surface area contributed by atoms with Crippen molar-refractivity contribution in [3.8, 4) is 0 Å². The van der Waals surface area contributed by atoms with Crippen LogP contribution in [0.2, 0.25) is 0 Å². The third kappa shape index (κ3) is 2.80. The first-order chi connectivity index (χ1) is 9.55. The number of hydrazine groups is 1. The van der Waals surface area contributed by atoms with E-state index in [0.717, 1.165) is 12.1 Å². The second-order valence-electron chi connectivity index (χ2n) is 3.90. The molecule has 5 nitrogen and oxygen atoms in total. The van der Waals surface area contributed by atoms with E-state index in [1.165, 1.54) is 6.07 Å². The van der Waals surface area contributed by atoms with Gasteiger partial charge in [0.1, 0.15) is 17.5 Å². The number of benzene rings is 1. The Bertz CT molecular complexity index is 610. The fourth-order valence-corrected chi connectivity index (χ4v) is 1.55. The lowest BCUT2D eigenvalue weighted by Gasteiger charge is -2.10. The molecule has 1 aromatic carbocycles. The normalized spacial score (nSPS) is 10.4. The summed E-state index contributed by atoms with van der Waals surface area (Å²) in [6.45, 7) is 1.83. The van der Waals surface area contributed by atoms with Gasteiger partial charge in [0.15, 0.2) is 17.5 Å². The average molecular weight is 283 g/mol. The van der Waals surface area contributed by atoms with Crippen LogP contribution in [0.5, 0.6) is 0 Å². The summed E-state index contributed by atoms with van der Waals surface area (Å²) in [5, 5.41) is 2.56. The number of rotatable bonds is 4. The lowest BCUT2D eigenvalue weighted by molar-refractivity contribution is 0.449. The molecule has 0 atom stereocenters. The molecule has 0 spiro atoms. The van der Waals surface area contributed by atoms with Crippen LogP contribution in [0.25, 0.3) is 0 Å². The topological polar surface area (TPSA) is 75.9 Å². The van der Waals surface area contributed by atoms with Gasteiger partial charge in [0.25, 0.3) is 0 Å². The number of hydrogen-bond acceptors (Lipinski definition) is 5. The molecule has 0 fully saturated rings. The van der Waals surface area contributed by atoms with Crippen LogP contribution in [0, 0.1) is 17.5 Å². The number of aryl methyl sites for hydroxylation is 1. The Morgan fingerprint density at radius 1 is 1.10 bits per heavy atom. The molecule has 1 aromatic heterocycles. The summed E-state index contributed by atoms with van der Waals surface area (Å²) in [5.74, 6) is 2.15. The highest BCUT2D eigenvalue weighted by Crippen LogP contribution is 2.23. The van der Waals surface area contributed by atoms with Crippen molar-refractivity contribution in [1.82, 2.24) is 9.97 Å². The Labute approximate surface area is 113 Å². The largest absolute Gasteiger partial charge is 0.338 e. The molecule has 8 heteroatoms. The monoisotopic (exact) mass is 283 g/mol. The third-order valence-corrected chi connectivity index (χ3v) is 2.53. The van der Waals surface area contributed by atoms with Crippen LogP contribution >= 0.6 is 0 Å². The van der Waals surface area contributed by atoms with Crippen LogP contribution in [0.4, 0.5) is 30.5 Å². The van der Waals surface area contributed by atoms with Crippen LogP contribution in [-0.2, 0) is 6.42 Å². The Morgan fingerprint density at radius 2 is 1.80 bits per heavy atom. The van der Waals surface area contributed by atoms with Crippen molar-refractivity contribution in [3.63, 3.8) is 0 Å². The van der Waals surface area contributed by atoms with Crippen LogP contribution in [0.15, 0.2) is 18.2 Å². The van der Waals surface area contributed by atoms with Crippen molar-refractivity contribution >= 4 is 17.3 Å². The summed E-state index contributed by atoms with van der Waals surface area (Å²) >= 11 is 0. The van der Waals surface area contributed by atoms with E-state index in [0.29, 0.717) is 18.1 Å². The number of aromatic nitrogens is 2. The van der Waals surface area contributed by atoms with Crippen LogP contribution < -0.4 is 16.6 Å². The van der Waals surface area contributed by atoms with Gasteiger partial charge in [-0.3, -0.25) is 0 Å². The molecule has 0 aliphatic rings. The van der Waals surface area contributed by atoms with E-state index < -0.39 is 17.5 Å². The van der Waals surface area contributed by atoms with Crippen molar-refractivity contribution in [1.29, 1.82) is 0 Å². The van der Waals surface area contributed by atoms with E-state index in [4.69, 9.17) is 5.84 Å². The van der Waals surface area contributed by atoms with Gasteiger partial charge >= 0.3 is 0 Å². The average Bonchev–Trinajstić information content (AvgIpc) is 2.47. The molecule has 4 N–H and O–H groups in total. The SMILES string of the molecule is CCc1nc(NN)cc(Nc2ccc(F)c(F)c2F)n1. The minimum Gasteiger partial charge on any atom is -0.338 e. The molecule has 1 heterocycles. The highest BCUT2D eigenvalue weighted by Gasteiger charge is 2.14. The first-order valence-corrected chi connectivity index (χ1v) is 5.80. The molecule has 0 aliphatic heterocycles. The van der Waals surface area contributed by atoms with Crippen LogP contribution in [0.1, 0.15) is 12.7 Å². The van der Waals surface area contributed by atoms with E-state index in [9.17, 15) is 13.2 Å². The Morgan fingerprint density at radius 3 is 2.45 bits per heavy atom. The molecule has 2 rings (SSSR count). The maximum Gasteiger partial charge on any atom is 0.196 e. The van der Waals surface area contributed by atoms with E-state index in [2.05, 4.69) is 20.7 Å². The Kier molecular flexibility index (Phi) is 4.04. The number of anilines is 3. The molecule has 0 unspecified atom stereocenters. The lowest BCUT2D eigenvalue weighted by atomic mass is 10.2. The molecule has 0 amide bonds. The zero-order valence-electron chi connectivity index (χ0n) is 10.5. The van der Waals surface area contributed by atoms with E-state index in [1.807, 2.05) is 6.92 Å². The molecule has 2 aromatic rings. The number of nitrogen functional groups attached to an aromatic ring is 1. The summed E-state index contributed by atoms with van der Waals surface area (Å²) in [7, 11) is 0. The Balaban J connectivity index is 2.37. The highest BCUT2D eigenvalue weighted by molar-refractivity contribution is 5.59. The van der Waals surface area contributed by atoms with Crippen LogP contribution in [0.3, 0.4) is 0 Å². The number of nitrogens with one attached hydrogen (secondary N) is 2. The fraction of sp³-hybridized carbons (Fsp3) is 0.167. The predicted octanol–water partition coefficient (Wildman–Crippen LogP) is 2.49. The maximum atomic E-state index is 13.6. The number of nitrogens with two attached hydrogens (primary N) is 1. The van der Waals surface area contributed by atoms with E-state index >= 15 is 0 Å². The number of nitrogens with zero attached hydrogens (tertiary/aromatic N) is 2. The minimum absolute atomic E-state index is 0.217. The van der Waals surface area contributed by atoms with Crippen molar-refractivity contribution < 1.29 is 13.2 Å². The van der Waals surface area contributed by atoms with Gasteiger partial charge in [-0.2, -0.15) is 0 Å². The molecule has 106 valence electrons. The van der Waals surface area contributed by atoms with Crippen molar-refractivity contribution in [2.24, 2.45) is 5.84 Å². The maximum absolute atomic E-state index is 13.6. The standard InChI is InChI=1S/C12H12F3N5/c1-2-8-18-9(5-10(19-8)20-16)17-7-4-3-6(13)11(14)12(7)15/h3-5H,2,16H2,1H3,(H2,17,18,19,20). The summed E-state index contributed by atoms with van der Waals surface area (Å²) in [6, 6.07) is 3.32. The minimum atomic E-state index is -1.54. The molecular formula is C12H12F3N5. The first-order valence-electron chi connectivity index (χ1n) is 5.80. The van der Waals surface area contributed by atoms with Gasteiger partial charge in [-0.25, -0.2) is 29.0 Å². The smallest absolute Gasteiger partial charge is 0.196 e. The van der Waals surface area contributed by atoms with Gasteiger partial charge in [0.05, 0.1) is 5.69 Å². The molecule has 0 saturated carbocycles. The molecule has 0 aliphatic carbocycles. The van der Waals surface area contributed by atoms with Gasteiger partial charge in [-0.1, -0.05) is 6.92 Å². The zero-order chi connectivity index (χ0) is 14.7. The summed E-state index contributed by atoms with van der Waals surface area (Å²) < 4.78 is 39.5. The second-order valence-corrected chi connectivity index (χ2v) is 3.90. The van der Waals surface area contributed by atoms with Gasteiger partial charge < -0.3 is 10.7 Å².